The van der Waals surface area contributed by atoms with Gasteiger partial charge in [-0.2, -0.15) is 0 Å². The van der Waals surface area contributed by atoms with Gasteiger partial charge in [0.25, 0.3) is 0 Å². The number of nitrogens with zero attached hydrogens (tertiary/aromatic N) is 1. The number of nitrogens with two attached hydrogens (primary N) is 1. The van der Waals surface area contributed by atoms with Crippen LogP contribution in [0.1, 0.15) is 11.1 Å². The van der Waals surface area contributed by atoms with Gasteiger partial charge in [-0.1, -0.05) is 35.0 Å². The standard InChI is InChI=1S/C14H12ClFN2OS/c15-10-4-2-5-11(7-10)20-8-9-3-1-6-12(13(9)16)14(17)18-19/h1-7,19H,8H2,(H2,17,18). The van der Waals surface area contributed by atoms with Crippen LogP contribution >= 0.6 is 23.4 Å². The molecule has 0 amide bonds. The second-order valence-corrected chi connectivity index (χ2v) is 5.50. The van der Waals surface area contributed by atoms with Gasteiger partial charge < -0.3 is 10.9 Å². The first-order valence-electron chi connectivity index (χ1n) is 5.75. The van der Waals surface area contributed by atoms with Gasteiger partial charge in [0.05, 0.1) is 5.56 Å². The number of halogens is 2. The van der Waals surface area contributed by atoms with Crippen LogP contribution in [0.15, 0.2) is 52.5 Å². The summed E-state index contributed by atoms with van der Waals surface area (Å²) in [4.78, 5) is 0.950. The third kappa shape index (κ3) is 3.43. The van der Waals surface area contributed by atoms with E-state index in [2.05, 4.69) is 5.16 Å². The highest BCUT2D eigenvalue weighted by Crippen LogP contribution is 2.27. The highest BCUT2D eigenvalue weighted by Gasteiger charge is 2.11. The number of thioether (sulfide) groups is 1. The summed E-state index contributed by atoms with van der Waals surface area (Å²) in [6, 6.07) is 12.2. The van der Waals surface area contributed by atoms with Crippen molar-refractivity contribution in [3.63, 3.8) is 0 Å². The lowest BCUT2D eigenvalue weighted by molar-refractivity contribution is 0.318. The van der Waals surface area contributed by atoms with E-state index in [9.17, 15) is 4.39 Å². The Hall–Kier alpha value is -1.72. The lowest BCUT2D eigenvalue weighted by Gasteiger charge is -2.07. The van der Waals surface area contributed by atoms with Gasteiger partial charge >= 0.3 is 0 Å². The number of rotatable bonds is 4. The summed E-state index contributed by atoms with van der Waals surface area (Å²) in [5.74, 6) is -0.284. The molecule has 0 unspecified atom stereocenters. The molecule has 0 saturated carbocycles. The Labute approximate surface area is 125 Å². The third-order valence-electron chi connectivity index (χ3n) is 2.65. The molecule has 0 saturated heterocycles. The molecule has 0 bridgehead atoms. The third-order valence-corrected chi connectivity index (χ3v) is 3.93. The Balaban J connectivity index is 2.18. The SMILES string of the molecule is N/C(=N/O)c1cccc(CSc2cccc(Cl)c2)c1F. The maximum absolute atomic E-state index is 14.2. The van der Waals surface area contributed by atoms with Gasteiger partial charge in [-0.25, -0.2) is 4.39 Å². The molecule has 3 N–H and O–H groups in total. The molecule has 2 rings (SSSR count). The number of hydrogen-bond donors (Lipinski definition) is 2. The number of benzene rings is 2. The van der Waals surface area contributed by atoms with Crippen molar-refractivity contribution in [2.45, 2.75) is 10.6 Å². The van der Waals surface area contributed by atoms with Crippen LogP contribution in [0.25, 0.3) is 0 Å². The van der Waals surface area contributed by atoms with E-state index in [0.29, 0.717) is 16.3 Å². The van der Waals surface area contributed by atoms with Crippen molar-refractivity contribution in [1.82, 2.24) is 0 Å². The highest BCUT2D eigenvalue weighted by atomic mass is 35.5. The first-order valence-corrected chi connectivity index (χ1v) is 7.12. The zero-order valence-electron chi connectivity index (χ0n) is 10.4. The Morgan fingerprint density at radius 1 is 1.30 bits per heavy atom. The van der Waals surface area contributed by atoms with E-state index in [4.69, 9.17) is 22.5 Å². The molecule has 0 atom stereocenters. The predicted molar refractivity (Wildman–Crippen MR) is 79.9 cm³/mol. The second-order valence-electron chi connectivity index (χ2n) is 4.01. The first-order chi connectivity index (χ1) is 9.61. The molecule has 0 aliphatic heterocycles. The van der Waals surface area contributed by atoms with E-state index in [1.807, 2.05) is 18.2 Å². The average Bonchev–Trinajstić information content (AvgIpc) is 2.45. The number of hydrogen-bond acceptors (Lipinski definition) is 3. The van der Waals surface area contributed by atoms with Gasteiger partial charge in [-0.3, -0.25) is 0 Å². The molecule has 0 radical (unpaired) electrons. The molecule has 0 fully saturated rings. The van der Waals surface area contributed by atoms with Gasteiger partial charge in [-0.05, 0) is 29.8 Å². The smallest absolute Gasteiger partial charge is 0.173 e. The number of oxime groups is 1. The second kappa shape index (κ2) is 6.63. The van der Waals surface area contributed by atoms with Crippen molar-refractivity contribution in [3.05, 3.63) is 64.4 Å². The summed E-state index contributed by atoms with van der Waals surface area (Å²) >= 11 is 7.36. The van der Waals surface area contributed by atoms with Crippen molar-refractivity contribution < 1.29 is 9.60 Å². The van der Waals surface area contributed by atoms with E-state index in [1.165, 1.54) is 17.8 Å². The maximum atomic E-state index is 14.2. The molecule has 20 heavy (non-hydrogen) atoms. The summed E-state index contributed by atoms with van der Waals surface area (Å²) in [7, 11) is 0. The average molecular weight is 311 g/mol. The van der Waals surface area contributed by atoms with Crippen LogP contribution < -0.4 is 5.73 Å². The fraction of sp³-hybridized carbons (Fsp3) is 0.0714. The van der Waals surface area contributed by atoms with Crippen molar-refractivity contribution >= 4 is 29.2 Å². The summed E-state index contributed by atoms with van der Waals surface area (Å²) in [5.41, 5.74) is 6.01. The minimum Gasteiger partial charge on any atom is -0.409 e. The quantitative estimate of drug-likeness (QED) is 0.296. The van der Waals surface area contributed by atoms with Crippen molar-refractivity contribution in [1.29, 1.82) is 0 Å². The van der Waals surface area contributed by atoms with Gasteiger partial charge in [0.15, 0.2) is 5.84 Å². The fourth-order valence-electron chi connectivity index (χ4n) is 1.66. The molecule has 0 spiro atoms. The predicted octanol–water partition coefficient (Wildman–Crippen LogP) is 3.87. The molecule has 0 heterocycles. The van der Waals surface area contributed by atoms with E-state index in [0.717, 1.165) is 4.90 Å². The van der Waals surface area contributed by atoms with Crippen LogP contribution in [0.2, 0.25) is 5.02 Å². The van der Waals surface area contributed by atoms with Crippen molar-refractivity contribution in [2.24, 2.45) is 10.9 Å². The lowest BCUT2D eigenvalue weighted by Crippen LogP contribution is -2.15. The summed E-state index contributed by atoms with van der Waals surface area (Å²) < 4.78 is 14.2. The van der Waals surface area contributed by atoms with Crippen LogP contribution in [-0.4, -0.2) is 11.0 Å². The topological polar surface area (TPSA) is 58.6 Å². The maximum Gasteiger partial charge on any atom is 0.173 e. The Kier molecular flexibility index (Phi) is 4.87. The van der Waals surface area contributed by atoms with Crippen LogP contribution in [0.3, 0.4) is 0 Å². The molecule has 3 nitrogen and oxygen atoms in total. The lowest BCUT2D eigenvalue weighted by atomic mass is 10.1. The summed E-state index contributed by atoms with van der Waals surface area (Å²) in [6.07, 6.45) is 0. The van der Waals surface area contributed by atoms with Crippen molar-refractivity contribution in [2.75, 3.05) is 0 Å². The van der Waals surface area contributed by atoms with Crippen LogP contribution in [0, 0.1) is 5.82 Å². The largest absolute Gasteiger partial charge is 0.409 e. The number of amidine groups is 1. The van der Waals surface area contributed by atoms with Crippen molar-refractivity contribution in [3.8, 4) is 0 Å². The van der Waals surface area contributed by atoms with Gasteiger partial charge in [0.2, 0.25) is 0 Å². The van der Waals surface area contributed by atoms with Crippen LogP contribution in [-0.2, 0) is 5.75 Å². The summed E-state index contributed by atoms with van der Waals surface area (Å²) in [6.45, 7) is 0. The normalized spacial score (nSPS) is 11.6. The zero-order chi connectivity index (χ0) is 14.5. The Morgan fingerprint density at radius 3 is 2.75 bits per heavy atom. The molecular formula is C14H12ClFN2OS. The molecular weight excluding hydrogens is 299 g/mol. The molecule has 2 aromatic carbocycles. The molecule has 2 aromatic rings. The fourth-order valence-corrected chi connectivity index (χ4v) is 2.85. The first kappa shape index (κ1) is 14.7. The summed E-state index contributed by atoms with van der Waals surface area (Å²) in [5, 5.41) is 12.1. The van der Waals surface area contributed by atoms with Gasteiger partial charge in [0, 0.05) is 15.7 Å². The highest BCUT2D eigenvalue weighted by molar-refractivity contribution is 7.98. The molecule has 6 heteroatoms. The van der Waals surface area contributed by atoms with Crippen LogP contribution in [0.5, 0.6) is 0 Å². The molecule has 0 aliphatic rings. The minimum absolute atomic E-state index is 0.0942. The molecule has 104 valence electrons. The van der Waals surface area contributed by atoms with E-state index in [1.54, 1.807) is 18.2 Å². The monoisotopic (exact) mass is 310 g/mol. The van der Waals surface area contributed by atoms with E-state index >= 15 is 0 Å². The van der Waals surface area contributed by atoms with Gasteiger partial charge in [-0.15, -0.1) is 11.8 Å². The Morgan fingerprint density at radius 2 is 2.05 bits per heavy atom. The zero-order valence-corrected chi connectivity index (χ0v) is 12.0. The van der Waals surface area contributed by atoms with E-state index < -0.39 is 5.82 Å². The van der Waals surface area contributed by atoms with Crippen LogP contribution in [0.4, 0.5) is 4.39 Å². The molecule has 0 aromatic heterocycles. The Bertz CT molecular complexity index is 649. The van der Waals surface area contributed by atoms with E-state index in [-0.39, 0.29) is 11.4 Å². The van der Waals surface area contributed by atoms with Gasteiger partial charge in [0.1, 0.15) is 5.82 Å². The molecule has 0 aliphatic carbocycles. The minimum atomic E-state index is -0.475.